The van der Waals surface area contributed by atoms with Gasteiger partial charge in [-0.25, -0.2) is 4.98 Å². The zero-order chi connectivity index (χ0) is 20.6. The average Bonchev–Trinajstić information content (AvgIpc) is 2.89. The maximum atomic E-state index is 10.3. The molecule has 4 nitrogen and oxygen atoms in total. The van der Waals surface area contributed by atoms with Gasteiger partial charge in [0.25, 0.3) is 0 Å². The zero-order valence-corrected chi connectivity index (χ0v) is 17.1. The van der Waals surface area contributed by atoms with Crippen LogP contribution in [0.4, 0.5) is 5.82 Å². The lowest BCUT2D eigenvalue weighted by Crippen LogP contribution is -2.13. The van der Waals surface area contributed by atoms with Gasteiger partial charge in [0.15, 0.2) is 11.6 Å². The van der Waals surface area contributed by atoms with E-state index in [1.165, 1.54) is 0 Å². The van der Waals surface area contributed by atoms with Crippen LogP contribution in [0.2, 0.25) is 0 Å². The first kappa shape index (κ1) is 21.3. The molecule has 1 aromatic rings. The van der Waals surface area contributed by atoms with Crippen LogP contribution >= 0.6 is 0 Å². The average molecular weight is 379 g/mol. The van der Waals surface area contributed by atoms with E-state index >= 15 is 0 Å². The predicted octanol–water partition coefficient (Wildman–Crippen LogP) is 5.93. The maximum Gasteiger partial charge on any atom is 0.166 e. The molecule has 0 spiro atoms. The van der Waals surface area contributed by atoms with Crippen molar-refractivity contribution in [2.75, 3.05) is 12.3 Å². The van der Waals surface area contributed by atoms with Crippen LogP contribution in [0, 0.1) is 5.41 Å². The van der Waals surface area contributed by atoms with Crippen LogP contribution in [0.15, 0.2) is 78.3 Å². The predicted molar refractivity (Wildman–Crippen MR) is 118 cm³/mol. The summed E-state index contributed by atoms with van der Waals surface area (Å²) in [6.07, 6.45) is 20.4. The molecule has 1 heterocycles. The smallest absolute Gasteiger partial charge is 0.166 e. The number of aliphatic hydroxyl groups excluding tert-OH is 1. The van der Waals surface area contributed by atoms with E-state index in [1.54, 1.807) is 12.3 Å². The quantitative estimate of drug-likeness (QED) is 0.455. The van der Waals surface area contributed by atoms with Crippen molar-refractivity contribution in [2.45, 2.75) is 34.1 Å². The zero-order valence-electron chi connectivity index (χ0n) is 17.1. The van der Waals surface area contributed by atoms with E-state index in [4.69, 9.17) is 10.5 Å². The molecule has 0 fully saturated rings. The summed E-state index contributed by atoms with van der Waals surface area (Å²) in [7, 11) is 0. The van der Waals surface area contributed by atoms with E-state index < -0.39 is 5.41 Å². The number of aromatic nitrogens is 1. The van der Waals surface area contributed by atoms with Crippen LogP contribution < -0.4 is 10.5 Å². The van der Waals surface area contributed by atoms with Crippen LogP contribution in [-0.2, 0) is 0 Å². The second-order valence-corrected chi connectivity index (χ2v) is 6.86. The van der Waals surface area contributed by atoms with Gasteiger partial charge in [0.2, 0.25) is 0 Å². The van der Waals surface area contributed by atoms with Crippen LogP contribution in [0.3, 0.4) is 0 Å². The maximum absolute atomic E-state index is 10.3. The molecule has 1 aromatic heterocycles. The third kappa shape index (κ3) is 5.26. The van der Waals surface area contributed by atoms with Crippen molar-refractivity contribution in [3.63, 3.8) is 0 Å². The molecule has 1 atom stereocenters. The first-order valence-electron chi connectivity index (χ1n) is 9.58. The van der Waals surface area contributed by atoms with E-state index in [2.05, 4.69) is 18.0 Å². The molecule has 0 bridgehead atoms. The molecule has 0 aliphatic heterocycles. The topological polar surface area (TPSA) is 68.4 Å². The number of pyridine rings is 1. The van der Waals surface area contributed by atoms with Crippen LogP contribution in [-0.4, -0.2) is 16.7 Å². The fraction of sp³-hybridized carbons (Fsp3) is 0.292. The van der Waals surface area contributed by atoms with Gasteiger partial charge in [-0.15, -0.1) is 0 Å². The van der Waals surface area contributed by atoms with Crippen molar-refractivity contribution in [3.05, 3.63) is 83.8 Å². The fourth-order valence-electron chi connectivity index (χ4n) is 3.02. The van der Waals surface area contributed by atoms with Crippen molar-refractivity contribution < 1.29 is 9.84 Å². The fourth-order valence-corrected chi connectivity index (χ4v) is 3.02. The van der Waals surface area contributed by atoms with Gasteiger partial charge in [-0.05, 0) is 50.5 Å². The Bertz CT molecular complexity index is 873. The lowest BCUT2D eigenvalue weighted by molar-refractivity contribution is 0.324. The van der Waals surface area contributed by atoms with Crippen molar-refractivity contribution in [1.29, 1.82) is 0 Å². The Morgan fingerprint density at radius 1 is 1.32 bits per heavy atom. The van der Waals surface area contributed by atoms with Gasteiger partial charge in [0, 0.05) is 11.8 Å². The van der Waals surface area contributed by atoms with Gasteiger partial charge in [0.05, 0.1) is 5.41 Å². The van der Waals surface area contributed by atoms with Crippen molar-refractivity contribution in [1.82, 2.24) is 4.98 Å². The number of aliphatic hydroxyl groups is 1. The van der Waals surface area contributed by atoms with Gasteiger partial charge in [-0.1, -0.05) is 55.5 Å². The third-order valence-corrected chi connectivity index (χ3v) is 4.57. The molecule has 1 unspecified atom stereocenters. The largest absolute Gasteiger partial charge is 0.511 e. The summed E-state index contributed by atoms with van der Waals surface area (Å²) in [6.45, 7) is 8.29. The van der Waals surface area contributed by atoms with Gasteiger partial charge in [0.1, 0.15) is 12.4 Å². The first-order valence-corrected chi connectivity index (χ1v) is 9.58. The summed E-state index contributed by atoms with van der Waals surface area (Å²) in [5, 5.41) is 10.3. The number of nitrogens with two attached hydrogens (primary N) is 1. The molecule has 28 heavy (non-hydrogen) atoms. The minimum Gasteiger partial charge on any atom is -0.511 e. The molecule has 0 radical (unpaired) electrons. The normalized spacial score (nSPS) is 20.4. The van der Waals surface area contributed by atoms with Gasteiger partial charge in [-0.3, -0.25) is 0 Å². The molecular weight excluding hydrogens is 348 g/mol. The van der Waals surface area contributed by atoms with E-state index in [-0.39, 0.29) is 0 Å². The molecule has 0 saturated heterocycles. The molecule has 0 saturated carbocycles. The molecule has 3 N–H and O–H groups in total. The summed E-state index contributed by atoms with van der Waals surface area (Å²) >= 11 is 0. The lowest BCUT2D eigenvalue weighted by atomic mass is 9.85. The molecular formula is C24H30N2O2. The number of ether oxygens (including phenoxy) is 1. The highest BCUT2D eigenvalue weighted by molar-refractivity contribution is 5.77. The van der Waals surface area contributed by atoms with Crippen LogP contribution in [0.25, 0.3) is 5.57 Å². The Balaban J connectivity index is 2.35. The second kappa shape index (κ2) is 9.79. The van der Waals surface area contributed by atoms with Gasteiger partial charge >= 0.3 is 0 Å². The highest BCUT2D eigenvalue weighted by Crippen LogP contribution is 2.35. The summed E-state index contributed by atoms with van der Waals surface area (Å²) < 4.78 is 5.95. The summed E-state index contributed by atoms with van der Waals surface area (Å²) in [6, 6.07) is 1.90. The van der Waals surface area contributed by atoms with Gasteiger partial charge in [-0.2, -0.15) is 0 Å². The Morgan fingerprint density at radius 3 is 2.79 bits per heavy atom. The number of anilines is 1. The van der Waals surface area contributed by atoms with Crippen molar-refractivity contribution >= 4 is 11.4 Å². The summed E-state index contributed by atoms with van der Waals surface area (Å²) in [4.78, 5) is 4.31. The number of rotatable bonds is 7. The van der Waals surface area contributed by atoms with E-state index in [0.29, 0.717) is 23.9 Å². The molecule has 1 aliphatic carbocycles. The second-order valence-electron chi connectivity index (χ2n) is 6.86. The molecule has 1 aliphatic rings. The molecule has 0 amide bonds. The first-order chi connectivity index (χ1) is 13.4. The lowest BCUT2D eigenvalue weighted by Gasteiger charge is -2.22. The van der Waals surface area contributed by atoms with E-state index in [0.717, 1.165) is 23.1 Å². The summed E-state index contributed by atoms with van der Waals surface area (Å²) in [5.41, 5.74) is 8.37. The van der Waals surface area contributed by atoms with E-state index in [9.17, 15) is 5.11 Å². The number of hydrogen-bond acceptors (Lipinski definition) is 4. The SMILES string of the molecule is C/C=C\C(=C/CC)COc1cc(C2=CC(C)(/C(O)=C\C)C=CC=C2)cnc1N. The minimum atomic E-state index is -0.584. The van der Waals surface area contributed by atoms with Gasteiger partial charge < -0.3 is 15.6 Å². The number of nitrogens with zero attached hydrogens (tertiary/aromatic N) is 1. The van der Waals surface area contributed by atoms with Crippen LogP contribution in [0.5, 0.6) is 5.75 Å². The number of hydrogen-bond donors (Lipinski definition) is 2. The Kier molecular flexibility index (Phi) is 7.44. The Labute approximate surface area is 168 Å². The van der Waals surface area contributed by atoms with E-state index in [1.807, 2.05) is 69.4 Å². The van der Waals surface area contributed by atoms with Crippen molar-refractivity contribution in [2.24, 2.45) is 5.41 Å². The van der Waals surface area contributed by atoms with Crippen molar-refractivity contribution in [3.8, 4) is 5.75 Å². The Hall–Kier alpha value is -3.01. The molecule has 4 heteroatoms. The highest BCUT2D eigenvalue weighted by Gasteiger charge is 2.24. The molecule has 0 aromatic carbocycles. The standard InChI is InChI=1S/C24H30N2O2/c1-5-10-18(11-6-2)17-28-21-14-20(16-26-23(21)25)19-12-8-9-13-24(4,15-19)22(27)7-3/h5,7-16,27H,6,17H2,1-4H3,(H2,25,26)/b10-5-,18-11+,22-7+. The minimum absolute atomic E-state index is 0.297. The molecule has 2 rings (SSSR count). The number of allylic oxidation sites excluding steroid dienone is 8. The highest BCUT2D eigenvalue weighted by atomic mass is 16.5. The monoisotopic (exact) mass is 378 g/mol. The number of nitrogen functional groups attached to an aromatic ring is 1. The molecule has 148 valence electrons. The summed E-state index contributed by atoms with van der Waals surface area (Å²) in [5.74, 6) is 1.20. The van der Waals surface area contributed by atoms with Crippen LogP contribution in [0.1, 0.15) is 39.7 Å². The third-order valence-electron chi connectivity index (χ3n) is 4.57. The Morgan fingerprint density at radius 2 is 2.11 bits per heavy atom.